The molecule has 27 heavy (non-hydrogen) atoms. The first-order valence-corrected chi connectivity index (χ1v) is 8.26. The lowest BCUT2D eigenvalue weighted by atomic mass is 10.1. The van der Waals surface area contributed by atoms with Gasteiger partial charge in [-0.25, -0.2) is 4.79 Å². The average Bonchev–Trinajstić information content (AvgIpc) is 2.99. The van der Waals surface area contributed by atoms with Crippen molar-refractivity contribution < 1.29 is 23.5 Å². The zero-order chi connectivity index (χ0) is 19.6. The molecule has 2 amide bonds. The summed E-state index contributed by atoms with van der Waals surface area (Å²) in [5.74, 6) is -1.71. The van der Waals surface area contributed by atoms with E-state index in [4.69, 9.17) is 14.9 Å². The molecule has 0 aliphatic carbocycles. The van der Waals surface area contributed by atoms with Gasteiger partial charge in [0.2, 0.25) is 11.7 Å². The molecule has 138 valence electrons. The highest BCUT2D eigenvalue weighted by molar-refractivity contribution is 5.99. The largest absolute Gasteiger partial charge is 0.449 e. The lowest BCUT2D eigenvalue weighted by Crippen LogP contribution is -2.30. The number of carbonyl (C=O) groups is 3. The van der Waals surface area contributed by atoms with Gasteiger partial charge in [-0.3, -0.25) is 9.59 Å². The first kappa shape index (κ1) is 18.2. The van der Waals surface area contributed by atoms with Crippen LogP contribution in [0.4, 0.5) is 5.69 Å². The molecule has 0 bridgehead atoms. The third-order valence-electron chi connectivity index (χ3n) is 4.12. The van der Waals surface area contributed by atoms with Crippen LogP contribution in [-0.2, 0) is 9.53 Å². The van der Waals surface area contributed by atoms with Crippen molar-refractivity contribution in [3.63, 3.8) is 0 Å². The highest BCUT2D eigenvalue weighted by Gasteiger charge is 2.24. The van der Waals surface area contributed by atoms with Crippen molar-refractivity contribution in [2.45, 2.75) is 20.0 Å². The Morgan fingerprint density at radius 3 is 2.37 bits per heavy atom. The van der Waals surface area contributed by atoms with Crippen LogP contribution in [0.3, 0.4) is 0 Å². The van der Waals surface area contributed by atoms with E-state index < -0.39 is 23.9 Å². The standard InChI is InChI=1S/C20H18N2O5/c1-11-15-5-3-4-6-16(15)27-17(11)20(25)26-12(2)19(24)22-14-9-7-13(8-10-14)18(21)23/h3-10,12H,1-2H3,(H2,21,23)(H,22,24). The molecule has 7 heteroatoms. The maximum Gasteiger partial charge on any atom is 0.375 e. The van der Waals surface area contributed by atoms with Crippen LogP contribution in [0.15, 0.2) is 52.9 Å². The SMILES string of the molecule is Cc1c(C(=O)OC(C)C(=O)Nc2ccc(C(N)=O)cc2)oc2ccccc12. The summed E-state index contributed by atoms with van der Waals surface area (Å²) in [6.45, 7) is 3.22. The van der Waals surface area contributed by atoms with Crippen LogP contribution < -0.4 is 11.1 Å². The number of hydrogen-bond acceptors (Lipinski definition) is 5. The number of benzene rings is 2. The van der Waals surface area contributed by atoms with Gasteiger partial charge in [-0.15, -0.1) is 0 Å². The molecule has 7 nitrogen and oxygen atoms in total. The predicted molar refractivity (Wildman–Crippen MR) is 99.4 cm³/mol. The lowest BCUT2D eigenvalue weighted by Gasteiger charge is -2.13. The molecule has 1 heterocycles. The number of furan rings is 1. The fourth-order valence-corrected chi connectivity index (χ4v) is 2.60. The number of rotatable bonds is 5. The molecular formula is C20H18N2O5. The van der Waals surface area contributed by atoms with Crippen molar-refractivity contribution >= 4 is 34.4 Å². The van der Waals surface area contributed by atoms with Crippen LogP contribution in [-0.4, -0.2) is 23.9 Å². The van der Waals surface area contributed by atoms with E-state index in [9.17, 15) is 14.4 Å². The second-order valence-corrected chi connectivity index (χ2v) is 6.03. The Bertz CT molecular complexity index is 1020. The Hall–Kier alpha value is -3.61. The number of carbonyl (C=O) groups excluding carboxylic acids is 3. The van der Waals surface area contributed by atoms with Crippen LogP contribution in [0.1, 0.15) is 33.4 Å². The highest BCUT2D eigenvalue weighted by atomic mass is 16.6. The number of esters is 1. The Kier molecular flexibility index (Phi) is 4.94. The van der Waals surface area contributed by atoms with Gasteiger partial charge in [0, 0.05) is 22.2 Å². The van der Waals surface area contributed by atoms with E-state index in [1.165, 1.54) is 31.2 Å². The summed E-state index contributed by atoms with van der Waals surface area (Å²) in [4.78, 5) is 35.7. The van der Waals surface area contributed by atoms with Crippen LogP contribution in [0.25, 0.3) is 11.0 Å². The molecule has 0 radical (unpaired) electrons. The third kappa shape index (κ3) is 3.82. The van der Waals surface area contributed by atoms with E-state index in [1.54, 1.807) is 19.1 Å². The normalized spacial score (nSPS) is 11.8. The summed E-state index contributed by atoms with van der Waals surface area (Å²) >= 11 is 0. The first-order chi connectivity index (χ1) is 12.9. The Morgan fingerprint density at radius 2 is 1.74 bits per heavy atom. The average molecular weight is 366 g/mol. The quantitative estimate of drug-likeness (QED) is 0.674. The van der Waals surface area contributed by atoms with E-state index in [-0.39, 0.29) is 5.76 Å². The van der Waals surface area contributed by atoms with Gasteiger partial charge in [-0.2, -0.15) is 0 Å². The molecular weight excluding hydrogens is 348 g/mol. The Labute approximate surface area is 155 Å². The number of primary amides is 1. The van der Waals surface area contributed by atoms with E-state index >= 15 is 0 Å². The summed E-state index contributed by atoms with van der Waals surface area (Å²) < 4.78 is 10.8. The van der Waals surface area contributed by atoms with Crippen molar-refractivity contribution in [1.29, 1.82) is 0 Å². The Balaban J connectivity index is 1.67. The number of amides is 2. The molecule has 3 N–H and O–H groups in total. The van der Waals surface area contributed by atoms with Gasteiger partial charge in [0.15, 0.2) is 6.10 Å². The molecule has 0 saturated carbocycles. The van der Waals surface area contributed by atoms with Gasteiger partial charge in [-0.1, -0.05) is 18.2 Å². The fraction of sp³-hybridized carbons (Fsp3) is 0.150. The summed E-state index contributed by atoms with van der Waals surface area (Å²) in [5.41, 5.74) is 7.18. The van der Waals surface area contributed by atoms with E-state index in [0.717, 1.165) is 5.39 Å². The molecule has 1 atom stereocenters. The first-order valence-electron chi connectivity index (χ1n) is 8.26. The molecule has 1 aromatic heterocycles. The topological polar surface area (TPSA) is 112 Å². The van der Waals surface area contributed by atoms with Crippen molar-refractivity contribution in [2.24, 2.45) is 5.73 Å². The highest BCUT2D eigenvalue weighted by Crippen LogP contribution is 2.25. The summed E-state index contributed by atoms with van der Waals surface area (Å²) in [7, 11) is 0. The molecule has 0 saturated heterocycles. The van der Waals surface area contributed by atoms with Crippen LogP contribution >= 0.6 is 0 Å². The number of aryl methyl sites for hydroxylation is 1. The van der Waals surface area contributed by atoms with Gasteiger partial charge in [0.1, 0.15) is 5.58 Å². The molecule has 1 unspecified atom stereocenters. The van der Waals surface area contributed by atoms with Crippen molar-refractivity contribution in [3.05, 3.63) is 65.4 Å². The number of hydrogen-bond donors (Lipinski definition) is 2. The fourth-order valence-electron chi connectivity index (χ4n) is 2.60. The summed E-state index contributed by atoms with van der Waals surface area (Å²) in [6, 6.07) is 13.3. The molecule has 3 aromatic rings. The number of fused-ring (bicyclic) bond motifs is 1. The maximum absolute atomic E-state index is 12.4. The summed E-state index contributed by atoms with van der Waals surface area (Å²) in [6.07, 6.45) is -1.04. The second-order valence-electron chi connectivity index (χ2n) is 6.03. The molecule has 0 aliphatic heterocycles. The zero-order valence-electron chi connectivity index (χ0n) is 14.8. The number of nitrogens with two attached hydrogens (primary N) is 1. The van der Waals surface area contributed by atoms with Gasteiger partial charge in [-0.05, 0) is 44.2 Å². The minimum absolute atomic E-state index is 0.0710. The second kappa shape index (κ2) is 7.33. The number of ether oxygens (including phenoxy) is 1. The van der Waals surface area contributed by atoms with Gasteiger partial charge >= 0.3 is 5.97 Å². The molecule has 2 aromatic carbocycles. The number of anilines is 1. The third-order valence-corrected chi connectivity index (χ3v) is 4.12. The van der Waals surface area contributed by atoms with Crippen LogP contribution in [0.5, 0.6) is 0 Å². The molecule has 0 fully saturated rings. The van der Waals surface area contributed by atoms with Crippen LogP contribution in [0, 0.1) is 6.92 Å². The van der Waals surface area contributed by atoms with E-state index in [2.05, 4.69) is 5.32 Å². The monoisotopic (exact) mass is 366 g/mol. The van der Waals surface area contributed by atoms with Gasteiger partial charge < -0.3 is 20.2 Å². The maximum atomic E-state index is 12.4. The van der Waals surface area contributed by atoms with Gasteiger partial charge in [0.05, 0.1) is 0 Å². The molecule has 3 rings (SSSR count). The lowest BCUT2D eigenvalue weighted by molar-refractivity contribution is -0.123. The van der Waals surface area contributed by atoms with Crippen LogP contribution in [0.2, 0.25) is 0 Å². The van der Waals surface area contributed by atoms with Crippen molar-refractivity contribution in [1.82, 2.24) is 0 Å². The minimum Gasteiger partial charge on any atom is -0.449 e. The van der Waals surface area contributed by atoms with Crippen molar-refractivity contribution in [2.75, 3.05) is 5.32 Å². The molecule has 0 aliphatic rings. The van der Waals surface area contributed by atoms with E-state index in [1.807, 2.05) is 12.1 Å². The Morgan fingerprint density at radius 1 is 1.07 bits per heavy atom. The predicted octanol–water partition coefficient (Wildman–Crippen LogP) is 3.02. The van der Waals surface area contributed by atoms with Crippen molar-refractivity contribution in [3.8, 4) is 0 Å². The smallest absolute Gasteiger partial charge is 0.375 e. The summed E-state index contributed by atoms with van der Waals surface area (Å²) in [5, 5.41) is 3.42. The number of nitrogens with one attached hydrogen (secondary N) is 1. The molecule has 0 spiro atoms. The zero-order valence-corrected chi connectivity index (χ0v) is 14.8. The minimum atomic E-state index is -1.04. The number of para-hydroxylation sites is 1. The van der Waals surface area contributed by atoms with Gasteiger partial charge in [0.25, 0.3) is 5.91 Å². The van der Waals surface area contributed by atoms with E-state index in [0.29, 0.717) is 22.4 Å².